The van der Waals surface area contributed by atoms with E-state index in [0.717, 1.165) is 39.1 Å². The number of carbonyl (C=O) groups is 3. The number of carbonyl (C=O) groups excluding carboxylic acids is 3. The van der Waals surface area contributed by atoms with Crippen LogP contribution < -0.4 is 5.32 Å². The minimum absolute atomic E-state index is 0.0657. The van der Waals surface area contributed by atoms with Crippen molar-refractivity contribution in [1.82, 2.24) is 24.6 Å². The predicted molar refractivity (Wildman–Crippen MR) is 138 cm³/mol. The lowest BCUT2D eigenvalue weighted by atomic mass is 10.1. The van der Waals surface area contributed by atoms with Crippen LogP contribution in [0.25, 0.3) is 0 Å². The van der Waals surface area contributed by atoms with E-state index in [-0.39, 0.29) is 24.5 Å². The van der Waals surface area contributed by atoms with E-state index in [1.807, 2.05) is 16.3 Å². The highest BCUT2D eigenvalue weighted by Gasteiger charge is 2.26. The Morgan fingerprint density at radius 2 is 1.61 bits per heavy atom. The van der Waals surface area contributed by atoms with Crippen molar-refractivity contribution >= 4 is 34.5 Å². The first-order valence-electron chi connectivity index (χ1n) is 12.5. The van der Waals surface area contributed by atoms with Crippen LogP contribution in [0.2, 0.25) is 0 Å². The Balaban J connectivity index is 1.17. The van der Waals surface area contributed by atoms with Crippen LogP contribution in [0.5, 0.6) is 0 Å². The Bertz CT molecular complexity index is 1020. The van der Waals surface area contributed by atoms with Crippen molar-refractivity contribution in [2.45, 2.75) is 19.8 Å². The minimum atomic E-state index is -0.347. The molecule has 0 radical (unpaired) electrons. The van der Waals surface area contributed by atoms with E-state index >= 15 is 0 Å². The molecule has 2 aliphatic heterocycles. The fraction of sp³-hybridized carbons (Fsp3) is 0.520. The molecule has 2 fully saturated rings. The van der Waals surface area contributed by atoms with E-state index in [0.29, 0.717) is 43.6 Å². The molecule has 2 aromatic rings. The maximum Gasteiger partial charge on any atom is 0.409 e. The quantitative estimate of drug-likeness (QED) is 0.609. The molecule has 1 aromatic heterocycles. The number of amides is 4. The van der Waals surface area contributed by atoms with Crippen LogP contribution in [0.15, 0.2) is 35.7 Å². The standard InChI is InChI=1S/C25H34N6O4S/c1-2-35-25(34)31-16-14-30(15-17-31)24(33)27-23-26-21(19-36-23)18-22(32)29-12-10-28(11-13-29)9-8-20-6-4-3-5-7-20/h3-7,19H,2,8-18H2,1H3,(H,26,27,33). The van der Waals surface area contributed by atoms with Crippen molar-refractivity contribution in [3.8, 4) is 0 Å². The molecular weight excluding hydrogens is 480 g/mol. The second kappa shape index (κ2) is 12.7. The summed E-state index contributed by atoms with van der Waals surface area (Å²) in [7, 11) is 0. The van der Waals surface area contributed by atoms with Crippen LogP contribution in [0.1, 0.15) is 18.2 Å². The second-order valence-corrected chi connectivity index (χ2v) is 9.74. The summed E-state index contributed by atoms with van der Waals surface area (Å²) in [5.41, 5.74) is 2.00. The zero-order valence-corrected chi connectivity index (χ0v) is 21.5. The van der Waals surface area contributed by atoms with Crippen molar-refractivity contribution in [3.63, 3.8) is 0 Å². The van der Waals surface area contributed by atoms with Crippen molar-refractivity contribution in [3.05, 3.63) is 47.0 Å². The fourth-order valence-electron chi connectivity index (χ4n) is 4.34. The largest absolute Gasteiger partial charge is 0.450 e. The summed E-state index contributed by atoms with van der Waals surface area (Å²) in [6.07, 6.45) is 0.901. The van der Waals surface area contributed by atoms with Gasteiger partial charge in [0.15, 0.2) is 5.13 Å². The van der Waals surface area contributed by atoms with Crippen LogP contribution in [-0.4, -0.2) is 108 Å². The van der Waals surface area contributed by atoms with E-state index in [9.17, 15) is 14.4 Å². The van der Waals surface area contributed by atoms with Crippen molar-refractivity contribution in [2.75, 3.05) is 70.8 Å². The molecule has 4 amide bonds. The Labute approximate surface area is 215 Å². The molecule has 11 heteroatoms. The monoisotopic (exact) mass is 514 g/mol. The van der Waals surface area contributed by atoms with Crippen molar-refractivity contribution in [1.29, 1.82) is 0 Å². The molecular formula is C25H34N6O4S. The van der Waals surface area contributed by atoms with Gasteiger partial charge in [0.25, 0.3) is 0 Å². The molecule has 2 saturated heterocycles. The Hall–Kier alpha value is -3.18. The summed E-state index contributed by atoms with van der Waals surface area (Å²) in [5.74, 6) is 0.0657. The smallest absolute Gasteiger partial charge is 0.409 e. The molecule has 36 heavy (non-hydrogen) atoms. The number of hydrogen-bond donors (Lipinski definition) is 1. The normalized spacial score (nSPS) is 16.6. The molecule has 1 aromatic carbocycles. The molecule has 0 unspecified atom stereocenters. The molecule has 10 nitrogen and oxygen atoms in total. The van der Waals surface area contributed by atoms with Gasteiger partial charge in [0.05, 0.1) is 18.7 Å². The highest BCUT2D eigenvalue weighted by molar-refractivity contribution is 7.13. The van der Waals surface area contributed by atoms with Gasteiger partial charge in [-0.15, -0.1) is 11.3 Å². The third kappa shape index (κ3) is 7.17. The van der Waals surface area contributed by atoms with Crippen molar-refractivity contribution < 1.29 is 19.1 Å². The maximum atomic E-state index is 12.8. The lowest BCUT2D eigenvalue weighted by Gasteiger charge is -2.34. The van der Waals surface area contributed by atoms with Crippen LogP contribution >= 0.6 is 11.3 Å². The highest BCUT2D eigenvalue weighted by Crippen LogP contribution is 2.18. The Morgan fingerprint density at radius 1 is 0.944 bits per heavy atom. The number of nitrogens with zero attached hydrogens (tertiary/aromatic N) is 5. The maximum absolute atomic E-state index is 12.8. The predicted octanol–water partition coefficient (Wildman–Crippen LogP) is 2.38. The van der Waals surface area contributed by atoms with Crippen LogP contribution in [0, 0.1) is 0 Å². The number of ether oxygens (including phenoxy) is 1. The zero-order chi connectivity index (χ0) is 25.3. The molecule has 0 atom stereocenters. The lowest BCUT2D eigenvalue weighted by Crippen LogP contribution is -2.51. The first-order valence-corrected chi connectivity index (χ1v) is 13.4. The van der Waals surface area contributed by atoms with Gasteiger partial charge in [-0.25, -0.2) is 14.6 Å². The van der Waals surface area contributed by atoms with E-state index in [1.165, 1.54) is 16.9 Å². The van der Waals surface area contributed by atoms with Crippen LogP contribution in [0.4, 0.5) is 14.7 Å². The molecule has 2 aliphatic rings. The average molecular weight is 515 g/mol. The summed E-state index contributed by atoms with van der Waals surface area (Å²) in [5, 5.41) is 5.11. The van der Waals surface area contributed by atoms with E-state index in [2.05, 4.69) is 39.5 Å². The number of rotatable bonds is 7. The van der Waals surface area contributed by atoms with Crippen LogP contribution in [-0.2, 0) is 22.4 Å². The molecule has 4 rings (SSSR count). The van der Waals surface area contributed by atoms with Crippen LogP contribution in [0.3, 0.4) is 0 Å². The Morgan fingerprint density at radius 3 is 2.31 bits per heavy atom. The minimum Gasteiger partial charge on any atom is -0.450 e. The SMILES string of the molecule is CCOC(=O)N1CCN(C(=O)Nc2nc(CC(=O)N3CCN(CCc4ccccc4)CC3)cs2)CC1. The molecule has 0 saturated carbocycles. The second-order valence-electron chi connectivity index (χ2n) is 8.88. The molecule has 0 aliphatic carbocycles. The number of urea groups is 1. The number of hydrogen-bond acceptors (Lipinski definition) is 7. The first kappa shape index (κ1) is 25.9. The van der Waals surface area contributed by atoms with E-state index < -0.39 is 0 Å². The fourth-order valence-corrected chi connectivity index (χ4v) is 5.04. The number of piperazine rings is 2. The Kier molecular flexibility index (Phi) is 9.12. The summed E-state index contributed by atoms with van der Waals surface area (Å²) in [6, 6.07) is 10.2. The zero-order valence-electron chi connectivity index (χ0n) is 20.7. The van der Waals surface area contributed by atoms with Gasteiger partial charge in [0, 0.05) is 64.3 Å². The average Bonchev–Trinajstić information content (AvgIpc) is 3.35. The molecule has 0 bridgehead atoms. The number of thiazole rings is 1. The highest BCUT2D eigenvalue weighted by atomic mass is 32.1. The number of anilines is 1. The van der Waals surface area contributed by atoms with Gasteiger partial charge in [-0.2, -0.15) is 0 Å². The molecule has 194 valence electrons. The van der Waals surface area contributed by atoms with Gasteiger partial charge >= 0.3 is 12.1 Å². The van der Waals surface area contributed by atoms with E-state index in [4.69, 9.17) is 4.74 Å². The third-order valence-corrected chi connectivity index (χ3v) is 7.28. The van der Waals surface area contributed by atoms with Gasteiger partial charge in [-0.3, -0.25) is 15.0 Å². The van der Waals surface area contributed by atoms with Crippen molar-refractivity contribution in [2.24, 2.45) is 0 Å². The first-order chi connectivity index (χ1) is 17.5. The summed E-state index contributed by atoms with van der Waals surface area (Å²) < 4.78 is 5.01. The lowest BCUT2D eigenvalue weighted by molar-refractivity contribution is -0.132. The van der Waals surface area contributed by atoms with E-state index in [1.54, 1.807) is 16.7 Å². The topological polar surface area (TPSA) is 98.3 Å². The number of aromatic nitrogens is 1. The summed E-state index contributed by atoms with van der Waals surface area (Å²) in [4.78, 5) is 49.2. The van der Waals surface area contributed by atoms with Gasteiger partial charge in [0.2, 0.25) is 5.91 Å². The van der Waals surface area contributed by atoms with Gasteiger partial charge in [-0.05, 0) is 18.9 Å². The number of nitrogens with one attached hydrogen (secondary N) is 1. The summed E-state index contributed by atoms with van der Waals surface area (Å²) >= 11 is 1.31. The van der Waals surface area contributed by atoms with Gasteiger partial charge < -0.3 is 19.4 Å². The summed E-state index contributed by atoms with van der Waals surface area (Å²) in [6.45, 7) is 8.02. The third-order valence-electron chi connectivity index (χ3n) is 6.48. The molecule has 1 N–H and O–H groups in total. The van der Waals surface area contributed by atoms with Gasteiger partial charge in [-0.1, -0.05) is 30.3 Å². The number of benzene rings is 1. The molecule has 0 spiro atoms. The van der Waals surface area contributed by atoms with Gasteiger partial charge in [0.1, 0.15) is 0 Å². The molecule has 3 heterocycles.